The van der Waals surface area contributed by atoms with Gasteiger partial charge < -0.3 is 9.88 Å². The van der Waals surface area contributed by atoms with E-state index in [4.69, 9.17) is 4.98 Å². The van der Waals surface area contributed by atoms with Crippen LogP contribution >= 0.6 is 0 Å². The zero-order valence-electron chi connectivity index (χ0n) is 14.0. The van der Waals surface area contributed by atoms with Crippen LogP contribution in [0.5, 0.6) is 0 Å². The third-order valence-corrected chi connectivity index (χ3v) is 4.90. The van der Waals surface area contributed by atoms with Crippen LogP contribution in [0.2, 0.25) is 0 Å². The van der Waals surface area contributed by atoms with Crippen LogP contribution in [0.4, 0.5) is 5.69 Å². The standard InChI is InChI=1S/C20H21N3O/c1-3-18(20-21-16-6-4-5-7-17(16)22-20)23-11-10-15-12-14(13(2)24)8-9-19(15)23/h4-9,12,18H,3,10-11H2,1-2H3,(H,21,22). The monoisotopic (exact) mass is 319 g/mol. The number of hydrogen-bond donors (Lipinski definition) is 1. The van der Waals surface area contributed by atoms with Gasteiger partial charge in [0.2, 0.25) is 0 Å². The predicted octanol–water partition coefficient (Wildman–Crippen LogP) is 4.28. The Hall–Kier alpha value is -2.62. The first kappa shape index (κ1) is 14.9. The van der Waals surface area contributed by atoms with Crippen LogP contribution in [-0.4, -0.2) is 22.3 Å². The summed E-state index contributed by atoms with van der Waals surface area (Å²) in [5.74, 6) is 1.14. The number of anilines is 1. The molecule has 0 fully saturated rings. The van der Waals surface area contributed by atoms with Gasteiger partial charge in [-0.05, 0) is 55.7 Å². The Bertz CT molecular complexity index is 879. The van der Waals surface area contributed by atoms with E-state index in [-0.39, 0.29) is 11.8 Å². The first-order valence-corrected chi connectivity index (χ1v) is 8.52. The van der Waals surface area contributed by atoms with Gasteiger partial charge in [-0.2, -0.15) is 0 Å². The minimum Gasteiger partial charge on any atom is -0.361 e. The number of carbonyl (C=O) groups excluding carboxylic acids is 1. The average molecular weight is 319 g/mol. The number of aromatic amines is 1. The SMILES string of the molecule is CCC(c1nc2ccccc2[nH]1)N1CCc2cc(C(C)=O)ccc21. The molecule has 1 unspecified atom stereocenters. The number of ketones is 1. The topological polar surface area (TPSA) is 49.0 Å². The molecule has 1 N–H and O–H groups in total. The van der Waals surface area contributed by atoms with Gasteiger partial charge in [0.15, 0.2) is 5.78 Å². The van der Waals surface area contributed by atoms with Crippen LogP contribution in [0.15, 0.2) is 42.5 Å². The molecule has 0 saturated carbocycles. The van der Waals surface area contributed by atoms with Gasteiger partial charge in [0, 0.05) is 17.8 Å². The Morgan fingerprint density at radius 3 is 2.88 bits per heavy atom. The molecule has 1 aliphatic rings. The summed E-state index contributed by atoms with van der Waals surface area (Å²) >= 11 is 0. The summed E-state index contributed by atoms with van der Waals surface area (Å²) in [5.41, 5.74) is 5.38. The quantitative estimate of drug-likeness (QED) is 0.730. The van der Waals surface area contributed by atoms with Crippen molar-refractivity contribution in [3.63, 3.8) is 0 Å². The second-order valence-electron chi connectivity index (χ2n) is 6.41. The Kier molecular flexibility index (Phi) is 3.60. The zero-order valence-corrected chi connectivity index (χ0v) is 14.0. The van der Waals surface area contributed by atoms with Crippen LogP contribution in [0.1, 0.15) is 48.1 Å². The van der Waals surface area contributed by atoms with E-state index in [1.165, 1.54) is 11.3 Å². The van der Waals surface area contributed by atoms with Crippen molar-refractivity contribution < 1.29 is 4.79 Å². The fourth-order valence-electron chi connectivity index (χ4n) is 3.66. The van der Waals surface area contributed by atoms with E-state index in [0.29, 0.717) is 0 Å². The maximum atomic E-state index is 11.6. The fourth-order valence-corrected chi connectivity index (χ4v) is 3.66. The van der Waals surface area contributed by atoms with Crippen LogP contribution in [0.3, 0.4) is 0 Å². The molecule has 0 saturated heterocycles. The van der Waals surface area contributed by atoms with Gasteiger partial charge in [-0.3, -0.25) is 4.79 Å². The van der Waals surface area contributed by atoms with E-state index in [2.05, 4.69) is 28.9 Å². The second kappa shape index (κ2) is 5.78. The van der Waals surface area contributed by atoms with E-state index in [9.17, 15) is 4.79 Å². The molecule has 4 rings (SSSR count). The van der Waals surface area contributed by atoms with Gasteiger partial charge in [0.05, 0.1) is 17.1 Å². The van der Waals surface area contributed by atoms with Crippen molar-refractivity contribution in [1.82, 2.24) is 9.97 Å². The Balaban J connectivity index is 1.71. The molecule has 122 valence electrons. The molecule has 3 aromatic rings. The molecule has 1 atom stereocenters. The number of hydrogen-bond acceptors (Lipinski definition) is 3. The third-order valence-electron chi connectivity index (χ3n) is 4.90. The normalized spacial score (nSPS) is 14.8. The highest BCUT2D eigenvalue weighted by atomic mass is 16.1. The molecular weight excluding hydrogens is 298 g/mol. The number of nitrogens with zero attached hydrogens (tertiary/aromatic N) is 2. The number of benzene rings is 2. The van der Waals surface area contributed by atoms with Crippen molar-refractivity contribution in [2.45, 2.75) is 32.7 Å². The average Bonchev–Trinajstić information content (AvgIpc) is 3.19. The van der Waals surface area contributed by atoms with Crippen molar-refractivity contribution in [3.8, 4) is 0 Å². The summed E-state index contributed by atoms with van der Waals surface area (Å²) in [6, 6.07) is 14.4. The van der Waals surface area contributed by atoms with Gasteiger partial charge in [-0.15, -0.1) is 0 Å². The minimum absolute atomic E-state index is 0.126. The molecule has 1 aromatic heterocycles. The number of imidazole rings is 1. The molecule has 4 heteroatoms. The maximum absolute atomic E-state index is 11.6. The lowest BCUT2D eigenvalue weighted by Crippen LogP contribution is -2.27. The smallest absolute Gasteiger partial charge is 0.159 e. The Morgan fingerprint density at radius 2 is 2.12 bits per heavy atom. The van der Waals surface area contributed by atoms with Crippen LogP contribution in [0, 0.1) is 0 Å². The molecule has 1 aliphatic heterocycles. The van der Waals surface area contributed by atoms with Gasteiger partial charge in [-0.1, -0.05) is 19.1 Å². The van der Waals surface area contributed by atoms with Crippen molar-refractivity contribution in [2.75, 3.05) is 11.4 Å². The van der Waals surface area contributed by atoms with E-state index in [0.717, 1.165) is 41.8 Å². The molecular formula is C20H21N3O. The molecule has 4 nitrogen and oxygen atoms in total. The lowest BCUT2D eigenvalue weighted by molar-refractivity contribution is 0.101. The third kappa shape index (κ3) is 2.39. The summed E-state index contributed by atoms with van der Waals surface area (Å²) in [4.78, 5) is 22.3. The second-order valence-corrected chi connectivity index (χ2v) is 6.41. The van der Waals surface area contributed by atoms with Gasteiger partial charge in [-0.25, -0.2) is 4.98 Å². The number of carbonyl (C=O) groups is 1. The maximum Gasteiger partial charge on any atom is 0.159 e. The summed E-state index contributed by atoms with van der Waals surface area (Å²) in [6.07, 6.45) is 1.96. The molecule has 0 amide bonds. The molecule has 0 radical (unpaired) electrons. The Labute approximate surface area is 141 Å². The number of H-pyrrole nitrogens is 1. The Morgan fingerprint density at radius 1 is 1.29 bits per heavy atom. The van der Waals surface area contributed by atoms with E-state index < -0.39 is 0 Å². The first-order chi connectivity index (χ1) is 11.7. The predicted molar refractivity (Wildman–Crippen MR) is 96.6 cm³/mol. The highest BCUT2D eigenvalue weighted by Crippen LogP contribution is 2.36. The molecule has 24 heavy (non-hydrogen) atoms. The van der Waals surface area contributed by atoms with E-state index in [1.54, 1.807) is 6.92 Å². The van der Waals surface area contributed by atoms with Crippen molar-refractivity contribution in [3.05, 3.63) is 59.4 Å². The van der Waals surface area contributed by atoms with Crippen molar-refractivity contribution in [1.29, 1.82) is 0 Å². The van der Waals surface area contributed by atoms with Gasteiger partial charge >= 0.3 is 0 Å². The van der Waals surface area contributed by atoms with Crippen molar-refractivity contribution in [2.24, 2.45) is 0 Å². The first-order valence-electron chi connectivity index (χ1n) is 8.52. The number of rotatable bonds is 4. The highest BCUT2D eigenvalue weighted by molar-refractivity contribution is 5.95. The molecule has 0 spiro atoms. The van der Waals surface area contributed by atoms with Crippen LogP contribution in [-0.2, 0) is 6.42 Å². The summed E-state index contributed by atoms with van der Waals surface area (Å²) in [5, 5.41) is 0. The van der Waals surface area contributed by atoms with Gasteiger partial charge in [0.25, 0.3) is 0 Å². The number of fused-ring (bicyclic) bond motifs is 2. The largest absolute Gasteiger partial charge is 0.361 e. The van der Waals surface area contributed by atoms with Crippen LogP contribution < -0.4 is 4.90 Å². The van der Waals surface area contributed by atoms with Crippen LogP contribution in [0.25, 0.3) is 11.0 Å². The fraction of sp³-hybridized carbons (Fsp3) is 0.300. The minimum atomic E-state index is 0.126. The number of para-hydroxylation sites is 2. The summed E-state index contributed by atoms with van der Waals surface area (Å²) < 4.78 is 0. The summed E-state index contributed by atoms with van der Waals surface area (Å²) in [7, 11) is 0. The van der Waals surface area contributed by atoms with Crippen molar-refractivity contribution >= 4 is 22.5 Å². The highest BCUT2D eigenvalue weighted by Gasteiger charge is 2.28. The number of nitrogens with one attached hydrogen (secondary N) is 1. The lowest BCUT2D eigenvalue weighted by atomic mass is 10.1. The number of Topliss-reactive ketones (excluding diaryl/α,β-unsaturated/α-hetero) is 1. The van der Waals surface area contributed by atoms with E-state index >= 15 is 0 Å². The zero-order chi connectivity index (χ0) is 16.7. The number of aromatic nitrogens is 2. The van der Waals surface area contributed by atoms with Gasteiger partial charge in [0.1, 0.15) is 5.82 Å². The lowest BCUT2D eigenvalue weighted by Gasteiger charge is -2.28. The summed E-state index contributed by atoms with van der Waals surface area (Å²) in [6.45, 7) is 4.78. The molecule has 2 aromatic carbocycles. The molecule has 0 bridgehead atoms. The van der Waals surface area contributed by atoms with E-state index in [1.807, 2.05) is 30.3 Å². The molecule has 0 aliphatic carbocycles. The molecule has 2 heterocycles.